The summed E-state index contributed by atoms with van der Waals surface area (Å²) in [5, 5.41) is 9.33. The first-order valence-electron chi connectivity index (χ1n) is 7.84. The van der Waals surface area contributed by atoms with Gasteiger partial charge in [0.2, 0.25) is 0 Å². The minimum absolute atomic E-state index is 0.300. The molecule has 0 aromatic rings. The molecule has 0 aromatic carbocycles. The van der Waals surface area contributed by atoms with Gasteiger partial charge in [0, 0.05) is 38.0 Å². The van der Waals surface area contributed by atoms with E-state index in [0.29, 0.717) is 23.7 Å². The second kappa shape index (κ2) is 4.19. The number of carbonyl (C=O) groups is 1. The third kappa shape index (κ3) is 1.76. The van der Waals surface area contributed by atoms with E-state index in [1.165, 1.54) is 38.8 Å². The Hall–Kier alpha value is -0.610. The van der Waals surface area contributed by atoms with E-state index in [-0.39, 0.29) is 0 Å². The zero-order valence-corrected chi connectivity index (χ0v) is 11.6. The number of aliphatic carboxylic acids is 1. The second-order valence-electron chi connectivity index (χ2n) is 7.34. The largest absolute Gasteiger partial charge is 0.481 e. The number of nitrogens with zero attached hydrogens (tertiary/aromatic N) is 2. The van der Waals surface area contributed by atoms with Crippen molar-refractivity contribution in [2.75, 3.05) is 32.8 Å². The Labute approximate surface area is 114 Å². The summed E-state index contributed by atoms with van der Waals surface area (Å²) < 4.78 is 0. The molecule has 19 heavy (non-hydrogen) atoms. The third-order valence-electron chi connectivity index (χ3n) is 6.29. The first-order chi connectivity index (χ1) is 9.17. The van der Waals surface area contributed by atoms with Gasteiger partial charge < -0.3 is 5.11 Å². The van der Waals surface area contributed by atoms with Gasteiger partial charge in [-0.15, -0.1) is 0 Å². The molecule has 5 rings (SSSR count). The lowest BCUT2D eigenvalue weighted by molar-refractivity contribution is -0.190. The summed E-state index contributed by atoms with van der Waals surface area (Å²) in [6.07, 6.45) is 5.80. The molecule has 4 aliphatic heterocycles. The van der Waals surface area contributed by atoms with Crippen LogP contribution in [0, 0.1) is 23.2 Å². The maximum atomic E-state index is 11.3. The fourth-order valence-electron chi connectivity index (χ4n) is 5.81. The van der Waals surface area contributed by atoms with Crippen LogP contribution in [-0.4, -0.2) is 53.7 Å². The van der Waals surface area contributed by atoms with Crippen LogP contribution in [0.5, 0.6) is 0 Å². The smallest absolute Gasteiger partial charge is 0.303 e. The number of carboxylic acids is 1. The van der Waals surface area contributed by atoms with E-state index in [4.69, 9.17) is 0 Å². The summed E-state index contributed by atoms with van der Waals surface area (Å²) in [4.78, 5) is 16.5. The van der Waals surface area contributed by atoms with E-state index in [1.54, 1.807) is 0 Å². The van der Waals surface area contributed by atoms with E-state index in [2.05, 4.69) is 9.80 Å². The number of rotatable bonds is 3. The van der Waals surface area contributed by atoms with Crippen molar-refractivity contribution in [3.63, 3.8) is 0 Å². The standard InChI is InChI=1S/C15H24N2O2/c18-14(19)5-13-11-6-16-8-15(13,9-17(7-11)10-16)12-3-1-2-4-12/h11-13H,1-10H2,(H,18,19). The van der Waals surface area contributed by atoms with Crippen LogP contribution < -0.4 is 0 Å². The average molecular weight is 264 g/mol. The normalized spacial score (nSPS) is 48.8. The van der Waals surface area contributed by atoms with Crippen LogP contribution in [0.1, 0.15) is 32.1 Å². The molecule has 0 spiro atoms. The zero-order valence-electron chi connectivity index (χ0n) is 11.6. The van der Waals surface area contributed by atoms with E-state index in [0.717, 1.165) is 25.7 Å². The molecule has 0 aromatic heterocycles. The van der Waals surface area contributed by atoms with Gasteiger partial charge in [0.25, 0.3) is 0 Å². The monoisotopic (exact) mass is 264 g/mol. The molecule has 1 N–H and O–H groups in total. The molecule has 3 unspecified atom stereocenters. The molecule has 0 amide bonds. The summed E-state index contributed by atoms with van der Waals surface area (Å²) in [7, 11) is 0. The third-order valence-corrected chi connectivity index (χ3v) is 6.29. The predicted octanol–water partition coefficient (Wildman–Crippen LogP) is 1.47. The molecule has 4 heterocycles. The van der Waals surface area contributed by atoms with Crippen LogP contribution in [-0.2, 0) is 4.79 Å². The number of hydrogen-bond acceptors (Lipinski definition) is 3. The number of piperidine rings is 2. The highest BCUT2D eigenvalue weighted by Crippen LogP contribution is 2.56. The molecule has 3 atom stereocenters. The molecule has 4 nitrogen and oxygen atoms in total. The van der Waals surface area contributed by atoms with Gasteiger partial charge in [-0.05, 0) is 30.6 Å². The highest BCUT2D eigenvalue weighted by molar-refractivity contribution is 5.67. The van der Waals surface area contributed by atoms with Gasteiger partial charge in [0.1, 0.15) is 0 Å². The Morgan fingerprint density at radius 1 is 1.16 bits per heavy atom. The molecule has 5 fully saturated rings. The minimum Gasteiger partial charge on any atom is -0.481 e. The fourth-order valence-corrected chi connectivity index (χ4v) is 5.81. The van der Waals surface area contributed by atoms with Crippen LogP contribution in [0.25, 0.3) is 0 Å². The maximum Gasteiger partial charge on any atom is 0.303 e. The van der Waals surface area contributed by atoms with Crippen molar-refractivity contribution in [3.8, 4) is 0 Å². The Balaban J connectivity index is 1.68. The van der Waals surface area contributed by atoms with E-state index in [9.17, 15) is 9.90 Å². The highest BCUT2D eigenvalue weighted by Gasteiger charge is 2.59. The second-order valence-corrected chi connectivity index (χ2v) is 7.34. The molecule has 4 heteroatoms. The minimum atomic E-state index is -0.583. The van der Waals surface area contributed by atoms with Crippen LogP contribution in [0.3, 0.4) is 0 Å². The summed E-state index contributed by atoms with van der Waals surface area (Å²) in [5.41, 5.74) is 0.300. The topological polar surface area (TPSA) is 43.8 Å². The molecule has 106 valence electrons. The van der Waals surface area contributed by atoms with Crippen molar-refractivity contribution in [2.24, 2.45) is 23.2 Å². The molecular weight excluding hydrogens is 240 g/mol. The van der Waals surface area contributed by atoms with Crippen LogP contribution >= 0.6 is 0 Å². The van der Waals surface area contributed by atoms with Gasteiger partial charge in [-0.3, -0.25) is 14.6 Å². The van der Waals surface area contributed by atoms with Gasteiger partial charge in [0.15, 0.2) is 0 Å². The number of carboxylic acid groups (broad SMARTS) is 1. The zero-order chi connectivity index (χ0) is 13.0. The van der Waals surface area contributed by atoms with Crippen molar-refractivity contribution in [2.45, 2.75) is 32.1 Å². The van der Waals surface area contributed by atoms with Gasteiger partial charge in [-0.2, -0.15) is 0 Å². The van der Waals surface area contributed by atoms with E-state index < -0.39 is 5.97 Å². The van der Waals surface area contributed by atoms with Gasteiger partial charge in [-0.25, -0.2) is 0 Å². The predicted molar refractivity (Wildman–Crippen MR) is 71.6 cm³/mol. The van der Waals surface area contributed by atoms with Gasteiger partial charge in [-0.1, -0.05) is 12.8 Å². The van der Waals surface area contributed by atoms with Gasteiger partial charge in [0.05, 0.1) is 6.67 Å². The van der Waals surface area contributed by atoms with Crippen molar-refractivity contribution < 1.29 is 9.90 Å². The Bertz CT molecular complexity index is 378. The summed E-state index contributed by atoms with van der Waals surface area (Å²) >= 11 is 0. The Morgan fingerprint density at radius 2 is 1.79 bits per heavy atom. The highest BCUT2D eigenvalue weighted by atomic mass is 16.4. The Kier molecular flexibility index (Phi) is 2.68. The quantitative estimate of drug-likeness (QED) is 0.838. The lowest BCUT2D eigenvalue weighted by Gasteiger charge is -2.65. The van der Waals surface area contributed by atoms with Crippen molar-refractivity contribution in [1.82, 2.24) is 9.80 Å². The molecule has 1 saturated carbocycles. The van der Waals surface area contributed by atoms with Crippen LogP contribution in [0.4, 0.5) is 0 Å². The van der Waals surface area contributed by atoms with Gasteiger partial charge >= 0.3 is 5.97 Å². The lowest BCUT2D eigenvalue weighted by Crippen LogP contribution is -2.72. The molecule has 5 aliphatic rings. The fraction of sp³-hybridized carbons (Fsp3) is 0.933. The number of hydrogen-bond donors (Lipinski definition) is 1. The molecular formula is C15H24N2O2. The maximum absolute atomic E-state index is 11.3. The Morgan fingerprint density at radius 3 is 2.37 bits per heavy atom. The first-order valence-corrected chi connectivity index (χ1v) is 7.84. The van der Waals surface area contributed by atoms with E-state index >= 15 is 0 Å². The summed E-state index contributed by atoms with van der Waals surface area (Å²) in [5.74, 6) is 1.24. The first kappa shape index (κ1) is 12.2. The molecule has 4 saturated heterocycles. The molecule has 0 radical (unpaired) electrons. The molecule has 1 aliphatic carbocycles. The van der Waals surface area contributed by atoms with E-state index in [1.807, 2.05) is 0 Å². The molecule has 4 bridgehead atoms. The van der Waals surface area contributed by atoms with Crippen molar-refractivity contribution >= 4 is 5.97 Å². The van der Waals surface area contributed by atoms with Crippen molar-refractivity contribution in [3.05, 3.63) is 0 Å². The summed E-state index contributed by atoms with van der Waals surface area (Å²) in [6, 6.07) is 0. The lowest BCUT2D eigenvalue weighted by atomic mass is 9.55. The van der Waals surface area contributed by atoms with Crippen molar-refractivity contribution in [1.29, 1.82) is 0 Å². The SMILES string of the molecule is O=C(O)CC1C2CN3CN(C2)CC1(C1CCCC1)C3. The average Bonchev–Trinajstić information content (AvgIpc) is 2.87. The van der Waals surface area contributed by atoms with Crippen LogP contribution in [0.2, 0.25) is 0 Å². The summed E-state index contributed by atoms with van der Waals surface area (Å²) in [6.45, 7) is 5.75. The van der Waals surface area contributed by atoms with Crippen LogP contribution in [0.15, 0.2) is 0 Å².